The van der Waals surface area contributed by atoms with Crippen molar-refractivity contribution in [2.75, 3.05) is 6.54 Å². The van der Waals surface area contributed by atoms with Crippen molar-refractivity contribution in [1.29, 1.82) is 5.26 Å². The van der Waals surface area contributed by atoms with E-state index in [1.807, 2.05) is 6.07 Å². The number of hydrogen-bond acceptors (Lipinski definition) is 4. The lowest BCUT2D eigenvalue weighted by Gasteiger charge is -2.06. The summed E-state index contributed by atoms with van der Waals surface area (Å²) < 4.78 is 25.7. The van der Waals surface area contributed by atoms with Gasteiger partial charge in [0.25, 0.3) is 0 Å². The number of sulfonamides is 1. The van der Waals surface area contributed by atoms with Crippen molar-refractivity contribution in [3.05, 3.63) is 35.4 Å². The summed E-state index contributed by atoms with van der Waals surface area (Å²) in [5, 5.41) is 17.0. The number of carboxylic acid groups (broad SMARTS) is 1. The molecular formula is C12H14N2O4S. The highest BCUT2D eigenvalue weighted by Crippen LogP contribution is 2.08. The molecule has 0 fully saturated rings. The van der Waals surface area contributed by atoms with Gasteiger partial charge in [-0.3, -0.25) is 0 Å². The zero-order valence-corrected chi connectivity index (χ0v) is 11.0. The number of hydrogen-bond donors (Lipinski definition) is 2. The Morgan fingerprint density at radius 3 is 2.47 bits per heavy atom. The van der Waals surface area contributed by atoms with Gasteiger partial charge in [0.1, 0.15) is 0 Å². The van der Waals surface area contributed by atoms with Crippen LogP contribution in [0.25, 0.3) is 0 Å². The van der Waals surface area contributed by atoms with E-state index in [0.717, 1.165) is 0 Å². The average molecular weight is 282 g/mol. The molecule has 0 radical (unpaired) electrons. The van der Waals surface area contributed by atoms with E-state index in [1.54, 1.807) is 0 Å². The van der Waals surface area contributed by atoms with E-state index in [4.69, 9.17) is 10.4 Å². The number of carboxylic acids is 1. The minimum atomic E-state index is -3.46. The summed E-state index contributed by atoms with van der Waals surface area (Å²) in [6.07, 6.45) is 0.767. The second kappa shape index (κ2) is 6.87. The van der Waals surface area contributed by atoms with Crippen LogP contribution in [0.4, 0.5) is 0 Å². The third-order valence-electron chi connectivity index (χ3n) is 2.34. The Labute approximate surface area is 111 Å². The lowest BCUT2D eigenvalue weighted by Crippen LogP contribution is -2.26. The van der Waals surface area contributed by atoms with Gasteiger partial charge in [0.05, 0.1) is 17.4 Å². The van der Waals surface area contributed by atoms with Crippen LogP contribution >= 0.6 is 0 Å². The Kier molecular flexibility index (Phi) is 5.48. The fourth-order valence-electron chi connectivity index (χ4n) is 1.41. The molecule has 0 aliphatic carbocycles. The smallest absolute Gasteiger partial charge is 0.335 e. The largest absolute Gasteiger partial charge is 0.478 e. The minimum Gasteiger partial charge on any atom is -0.478 e. The van der Waals surface area contributed by atoms with Crippen molar-refractivity contribution in [3.8, 4) is 6.07 Å². The summed E-state index contributed by atoms with van der Waals surface area (Å²) in [7, 11) is -3.46. The second-order valence-electron chi connectivity index (χ2n) is 3.92. The van der Waals surface area contributed by atoms with Gasteiger partial charge < -0.3 is 5.11 Å². The summed E-state index contributed by atoms with van der Waals surface area (Å²) in [6, 6.07) is 7.60. The predicted molar refractivity (Wildman–Crippen MR) is 68.9 cm³/mol. The van der Waals surface area contributed by atoms with Crippen molar-refractivity contribution in [3.63, 3.8) is 0 Å². The summed E-state index contributed by atoms with van der Waals surface area (Å²) in [6.45, 7) is 0.225. The first kappa shape index (κ1) is 15.1. The van der Waals surface area contributed by atoms with Crippen LogP contribution < -0.4 is 4.72 Å². The maximum absolute atomic E-state index is 11.7. The summed E-state index contributed by atoms with van der Waals surface area (Å²) in [4.78, 5) is 10.6. The quantitative estimate of drug-likeness (QED) is 0.728. The molecule has 0 saturated carbocycles. The molecule has 0 saturated heterocycles. The van der Waals surface area contributed by atoms with E-state index in [0.29, 0.717) is 18.4 Å². The van der Waals surface area contributed by atoms with Crippen LogP contribution in [0, 0.1) is 11.3 Å². The highest BCUT2D eigenvalue weighted by molar-refractivity contribution is 7.88. The van der Waals surface area contributed by atoms with Crippen LogP contribution in [-0.2, 0) is 15.8 Å². The number of benzene rings is 1. The van der Waals surface area contributed by atoms with E-state index in [2.05, 4.69) is 4.72 Å². The van der Waals surface area contributed by atoms with Crippen molar-refractivity contribution in [1.82, 2.24) is 4.72 Å². The Balaban J connectivity index is 2.58. The molecule has 1 aromatic carbocycles. The number of unbranched alkanes of at least 4 members (excludes halogenated alkanes) is 1. The zero-order chi connectivity index (χ0) is 14.3. The van der Waals surface area contributed by atoms with E-state index in [-0.39, 0.29) is 17.9 Å². The Hall–Kier alpha value is -1.91. The van der Waals surface area contributed by atoms with Gasteiger partial charge in [0, 0.05) is 13.0 Å². The summed E-state index contributed by atoms with van der Waals surface area (Å²) >= 11 is 0. The van der Waals surface area contributed by atoms with Crippen LogP contribution in [-0.4, -0.2) is 26.0 Å². The van der Waals surface area contributed by atoms with E-state index < -0.39 is 16.0 Å². The van der Waals surface area contributed by atoms with Crippen molar-refractivity contribution >= 4 is 16.0 Å². The topological polar surface area (TPSA) is 107 Å². The van der Waals surface area contributed by atoms with Gasteiger partial charge in [-0.1, -0.05) is 12.1 Å². The van der Waals surface area contributed by atoms with E-state index >= 15 is 0 Å². The molecule has 7 heteroatoms. The van der Waals surface area contributed by atoms with Crippen molar-refractivity contribution in [2.24, 2.45) is 0 Å². The zero-order valence-electron chi connectivity index (χ0n) is 10.2. The fourth-order valence-corrected chi connectivity index (χ4v) is 2.60. The van der Waals surface area contributed by atoms with Gasteiger partial charge in [-0.05, 0) is 24.1 Å². The highest BCUT2D eigenvalue weighted by atomic mass is 32.2. The maximum atomic E-state index is 11.7. The molecular weight excluding hydrogens is 268 g/mol. The van der Waals surface area contributed by atoms with Crippen molar-refractivity contribution < 1.29 is 18.3 Å². The third-order valence-corrected chi connectivity index (χ3v) is 3.70. The summed E-state index contributed by atoms with van der Waals surface area (Å²) in [5.74, 6) is -1.26. The number of nitrogens with one attached hydrogen (secondary N) is 1. The molecule has 6 nitrogen and oxygen atoms in total. The molecule has 102 valence electrons. The lowest BCUT2D eigenvalue weighted by molar-refractivity contribution is 0.0697. The minimum absolute atomic E-state index is 0.114. The molecule has 0 aliphatic heterocycles. The first-order valence-corrected chi connectivity index (χ1v) is 7.26. The number of aromatic carboxylic acids is 1. The maximum Gasteiger partial charge on any atom is 0.335 e. The number of rotatable bonds is 7. The Morgan fingerprint density at radius 2 is 1.95 bits per heavy atom. The molecule has 0 aliphatic rings. The van der Waals surface area contributed by atoms with Gasteiger partial charge in [-0.2, -0.15) is 5.26 Å². The molecule has 0 spiro atoms. The van der Waals surface area contributed by atoms with Crippen molar-refractivity contribution in [2.45, 2.75) is 18.6 Å². The van der Waals surface area contributed by atoms with Crippen LogP contribution in [0.2, 0.25) is 0 Å². The molecule has 19 heavy (non-hydrogen) atoms. The second-order valence-corrected chi connectivity index (χ2v) is 5.72. The molecule has 1 aromatic rings. The predicted octanol–water partition coefficient (Wildman–Crippen LogP) is 1.11. The number of nitriles is 1. The standard InChI is InChI=1S/C12H14N2O4S/c13-7-1-2-8-14-19(17,18)9-10-3-5-11(6-4-10)12(15)16/h3-6,14H,1-2,8-9H2,(H,15,16). The van der Waals surface area contributed by atoms with Gasteiger partial charge in [-0.25, -0.2) is 17.9 Å². The van der Waals surface area contributed by atoms with Gasteiger partial charge in [0.2, 0.25) is 10.0 Å². The van der Waals surface area contributed by atoms with Gasteiger partial charge in [-0.15, -0.1) is 0 Å². The van der Waals surface area contributed by atoms with E-state index in [1.165, 1.54) is 24.3 Å². The summed E-state index contributed by atoms with van der Waals surface area (Å²) in [5.41, 5.74) is 0.626. The normalized spacial score (nSPS) is 10.9. The molecule has 0 atom stereocenters. The molecule has 1 rings (SSSR count). The molecule has 2 N–H and O–H groups in total. The third kappa shape index (κ3) is 5.50. The van der Waals surface area contributed by atoms with Gasteiger partial charge >= 0.3 is 5.97 Å². The van der Waals surface area contributed by atoms with Crippen LogP contribution in [0.15, 0.2) is 24.3 Å². The van der Waals surface area contributed by atoms with Crippen LogP contribution in [0.3, 0.4) is 0 Å². The first-order chi connectivity index (χ1) is 8.94. The van der Waals surface area contributed by atoms with Gasteiger partial charge in [0.15, 0.2) is 0 Å². The molecule has 0 amide bonds. The number of nitrogens with zero attached hydrogens (tertiary/aromatic N) is 1. The first-order valence-electron chi connectivity index (χ1n) is 5.61. The average Bonchev–Trinajstić information content (AvgIpc) is 2.35. The monoisotopic (exact) mass is 282 g/mol. The van der Waals surface area contributed by atoms with Crippen LogP contribution in [0.5, 0.6) is 0 Å². The lowest BCUT2D eigenvalue weighted by atomic mass is 10.1. The molecule has 0 unspecified atom stereocenters. The Bertz CT molecular complexity index is 573. The molecule has 0 aromatic heterocycles. The Morgan fingerprint density at radius 1 is 1.32 bits per heavy atom. The highest BCUT2D eigenvalue weighted by Gasteiger charge is 2.11. The van der Waals surface area contributed by atoms with E-state index in [9.17, 15) is 13.2 Å². The molecule has 0 bridgehead atoms. The number of carbonyl (C=O) groups is 1. The van der Waals surface area contributed by atoms with Crippen LogP contribution in [0.1, 0.15) is 28.8 Å². The molecule has 0 heterocycles. The fraction of sp³-hybridized carbons (Fsp3) is 0.333. The SMILES string of the molecule is N#CCCCNS(=O)(=O)Cc1ccc(C(=O)O)cc1.